The van der Waals surface area contributed by atoms with Crippen molar-refractivity contribution in [2.24, 2.45) is 16.7 Å². The molecule has 5 nitrogen and oxygen atoms in total. The van der Waals surface area contributed by atoms with E-state index in [9.17, 15) is 9.59 Å². The number of ether oxygens (including phenoxy) is 3. The monoisotopic (exact) mass is 398 g/mol. The molecule has 0 saturated heterocycles. The molecular weight excluding hydrogens is 356 g/mol. The summed E-state index contributed by atoms with van der Waals surface area (Å²) in [5.74, 6) is -0.491. The fraction of sp³-hybridized carbons (Fsp3) is 0.913. The highest BCUT2D eigenvalue weighted by atomic mass is 16.6. The molecule has 1 rings (SSSR count). The van der Waals surface area contributed by atoms with Crippen LogP contribution in [-0.4, -0.2) is 35.9 Å². The van der Waals surface area contributed by atoms with Crippen molar-refractivity contribution in [3.63, 3.8) is 0 Å². The lowest BCUT2D eigenvalue weighted by Gasteiger charge is -2.53. The van der Waals surface area contributed by atoms with Crippen molar-refractivity contribution in [2.45, 2.75) is 112 Å². The second-order valence-electron chi connectivity index (χ2n) is 10.8. The lowest BCUT2D eigenvalue weighted by atomic mass is 9.67. The van der Waals surface area contributed by atoms with Crippen LogP contribution >= 0.6 is 0 Å². The normalized spacial score (nSPS) is 28.9. The van der Waals surface area contributed by atoms with Gasteiger partial charge in [-0.15, -0.1) is 0 Å². The molecule has 1 saturated carbocycles. The Labute approximate surface area is 171 Å². The summed E-state index contributed by atoms with van der Waals surface area (Å²) in [4.78, 5) is 25.6. The van der Waals surface area contributed by atoms with Crippen molar-refractivity contribution < 1.29 is 23.8 Å². The third-order valence-electron chi connectivity index (χ3n) is 5.57. The van der Waals surface area contributed by atoms with Gasteiger partial charge < -0.3 is 14.2 Å². The van der Waals surface area contributed by atoms with Gasteiger partial charge in [-0.2, -0.15) is 0 Å². The Balaban J connectivity index is 3.42. The molecule has 0 aliphatic heterocycles. The van der Waals surface area contributed by atoms with Crippen LogP contribution < -0.4 is 0 Å². The minimum atomic E-state index is -0.929. The van der Waals surface area contributed by atoms with Gasteiger partial charge in [-0.05, 0) is 80.1 Å². The number of rotatable bonds is 6. The van der Waals surface area contributed by atoms with Gasteiger partial charge in [-0.1, -0.05) is 20.8 Å². The first-order valence-electron chi connectivity index (χ1n) is 10.7. The van der Waals surface area contributed by atoms with Crippen LogP contribution in [0.1, 0.15) is 94.9 Å². The molecule has 1 aliphatic rings. The Kier molecular flexibility index (Phi) is 7.77. The van der Waals surface area contributed by atoms with Crippen LogP contribution in [0.4, 0.5) is 0 Å². The largest absolute Gasteiger partial charge is 0.455 e. The van der Waals surface area contributed by atoms with E-state index in [1.54, 1.807) is 0 Å². The highest BCUT2D eigenvalue weighted by Crippen LogP contribution is 2.47. The van der Waals surface area contributed by atoms with Gasteiger partial charge in [0.1, 0.15) is 11.2 Å². The fourth-order valence-corrected chi connectivity index (χ4v) is 3.67. The van der Waals surface area contributed by atoms with E-state index in [1.165, 1.54) is 0 Å². The predicted molar refractivity (Wildman–Crippen MR) is 111 cm³/mol. The molecule has 1 fully saturated rings. The van der Waals surface area contributed by atoms with E-state index in [4.69, 9.17) is 14.2 Å². The smallest absolute Gasteiger partial charge is 0.311 e. The Morgan fingerprint density at radius 3 is 1.96 bits per heavy atom. The summed E-state index contributed by atoms with van der Waals surface area (Å²) in [6, 6.07) is 0. The van der Waals surface area contributed by atoms with Gasteiger partial charge in [-0.25, -0.2) is 0 Å². The van der Waals surface area contributed by atoms with Crippen LogP contribution in [0.2, 0.25) is 0 Å². The van der Waals surface area contributed by atoms with Gasteiger partial charge in [-0.3, -0.25) is 9.59 Å². The first-order valence-corrected chi connectivity index (χ1v) is 10.7. The zero-order chi connectivity index (χ0) is 22.0. The zero-order valence-electron chi connectivity index (χ0n) is 19.7. The molecule has 0 aromatic heterocycles. The SMILES string of the molecule is CCCOC1(C(C)C)CCCC(C)(OC(=O)C(C)(C)C)C1OC(=O)C(C)(C)C. The van der Waals surface area contributed by atoms with Gasteiger partial charge in [0, 0.05) is 6.61 Å². The van der Waals surface area contributed by atoms with Crippen molar-refractivity contribution in [3.8, 4) is 0 Å². The van der Waals surface area contributed by atoms with E-state index in [0.29, 0.717) is 13.0 Å². The summed E-state index contributed by atoms with van der Waals surface area (Å²) in [6.07, 6.45) is 2.47. The molecule has 0 bridgehead atoms. The Bertz CT molecular complexity index is 554. The second kappa shape index (κ2) is 8.73. The lowest BCUT2D eigenvalue weighted by molar-refractivity contribution is -0.257. The number of carbonyl (C=O) groups excluding carboxylic acids is 2. The van der Waals surface area contributed by atoms with Gasteiger partial charge in [0.25, 0.3) is 0 Å². The van der Waals surface area contributed by atoms with Gasteiger partial charge in [0.05, 0.1) is 10.8 Å². The van der Waals surface area contributed by atoms with Crippen LogP contribution in [0, 0.1) is 16.7 Å². The molecule has 5 heteroatoms. The summed E-state index contributed by atoms with van der Waals surface area (Å²) in [7, 11) is 0. The summed E-state index contributed by atoms with van der Waals surface area (Å²) in [5.41, 5.74) is -2.90. The standard InChI is InChI=1S/C23H42O5/c1-11-15-26-23(16(2)3)14-12-13-22(10,28-19(25)21(7,8)9)17(23)27-18(24)20(4,5)6/h16-17H,11-15H2,1-10H3. The minimum Gasteiger partial charge on any atom is -0.455 e. The molecular formula is C23H42O5. The number of hydrogen-bond donors (Lipinski definition) is 0. The highest BCUT2D eigenvalue weighted by Gasteiger charge is 2.59. The third kappa shape index (κ3) is 5.49. The van der Waals surface area contributed by atoms with Crippen molar-refractivity contribution in [2.75, 3.05) is 6.61 Å². The average Bonchev–Trinajstić information content (AvgIpc) is 2.53. The van der Waals surface area contributed by atoms with E-state index < -0.39 is 28.1 Å². The van der Waals surface area contributed by atoms with Gasteiger partial charge in [0.2, 0.25) is 0 Å². The summed E-state index contributed by atoms with van der Waals surface area (Å²) in [5, 5.41) is 0. The Morgan fingerprint density at radius 2 is 1.54 bits per heavy atom. The maximum Gasteiger partial charge on any atom is 0.311 e. The number of esters is 2. The molecule has 0 spiro atoms. The van der Waals surface area contributed by atoms with Crippen molar-refractivity contribution in [3.05, 3.63) is 0 Å². The van der Waals surface area contributed by atoms with E-state index in [1.807, 2.05) is 48.5 Å². The summed E-state index contributed by atoms with van der Waals surface area (Å²) >= 11 is 0. The summed E-state index contributed by atoms with van der Waals surface area (Å²) in [6.45, 7) is 19.7. The molecule has 164 valence electrons. The molecule has 0 heterocycles. The van der Waals surface area contributed by atoms with Crippen LogP contribution in [0.5, 0.6) is 0 Å². The lowest BCUT2D eigenvalue weighted by Crippen LogP contribution is -2.65. The molecule has 1 aliphatic carbocycles. The molecule has 0 aromatic rings. The maximum absolute atomic E-state index is 12.9. The number of carbonyl (C=O) groups is 2. The highest BCUT2D eigenvalue weighted by molar-refractivity contribution is 5.77. The first kappa shape index (κ1) is 24.9. The Morgan fingerprint density at radius 1 is 1.00 bits per heavy atom. The Hall–Kier alpha value is -1.10. The van der Waals surface area contributed by atoms with Crippen LogP contribution in [0.15, 0.2) is 0 Å². The van der Waals surface area contributed by atoms with E-state index >= 15 is 0 Å². The molecule has 0 aromatic carbocycles. The average molecular weight is 399 g/mol. The van der Waals surface area contributed by atoms with Crippen molar-refractivity contribution in [1.29, 1.82) is 0 Å². The van der Waals surface area contributed by atoms with Crippen LogP contribution in [0.25, 0.3) is 0 Å². The van der Waals surface area contributed by atoms with E-state index in [2.05, 4.69) is 20.8 Å². The van der Waals surface area contributed by atoms with E-state index in [0.717, 1.165) is 19.3 Å². The molecule has 0 N–H and O–H groups in total. The van der Waals surface area contributed by atoms with Gasteiger partial charge >= 0.3 is 11.9 Å². The molecule has 0 radical (unpaired) electrons. The molecule has 0 amide bonds. The topological polar surface area (TPSA) is 61.8 Å². The van der Waals surface area contributed by atoms with Crippen LogP contribution in [-0.2, 0) is 23.8 Å². The minimum absolute atomic E-state index is 0.102. The van der Waals surface area contributed by atoms with Gasteiger partial charge in [0.15, 0.2) is 6.10 Å². The molecule has 3 atom stereocenters. The first-order chi connectivity index (χ1) is 12.6. The van der Waals surface area contributed by atoms with Crippen molar-refractivity contribution >= 4 is 11.9 Å². The maximum atomic E-state index is 12.9. The quantitative estimate of drug-likeness (QED) is 0.568. The van der Waals surface area contributed by atoms with Crippen LogP contribution in [0.3, 0.4) is 0 Å². The third-order valence-corrected chi connectivity index (χ3v) is 5.57. The molecule has 3 unspecified atom stereocenters. The fourth-order valence-electron chi connectivity index (χ4n) is 3.67. The molecule has 28 heavy (non-hydrogen) atoms. The zero-order valence-corrected chi connectivity index (χ0v) is 19.7. The summed E-state index contributed by atoms with van der Waals surface area (Å²) < 4.78 is 18.6. The predicted octanol–water partition coefficient (Wildman–Crippen LogP) is 5.30. The number of hydrogen-bond acceptors (Lipinski definition) is 5. The van der Waals surface area contributed by atoms with E-state index in [-0.39, 0.29) is 17.9 Å². The second-order valence-corrected chi connectivity index (χ2v) is 10.8. The van der Waals surface area contributed by atoms with Crippen molar-refractivity contribution in [1.82, 2.24) is 0 Å².